The van der Waals surface area contributed by atoms with Crippen LogP contribution in [0.15, 0.2) is 36.1 Å². The second-order valence-electron chi connectivity index (χ2n) is 2.85. The minimum atomic E-state index is 0.619. The molecule has 0 spiro atoms. The van der Waals surface area contributed by atoms with Crippen LogP contribution in [0.1, 0.15) is 25.8 Å². The molecular weight excluding hydrogens is 174 g/mol. The van der Waals surface area contributed by atoms with E-state index in [4.69, 9.17) is 10.00 Å². The van der Waals surface area contributed by atoms with Crippen molar-refractivity contribution >= 4 is 0 Å². The third-order valence-corrected chi connectivity index (χ3v) is 1.88. The first kappa shape index (κ1) is 10.3. The quantitative estimate of drug-likeness (QED) is 0.680. The van der Waals surface area contributed by atoms with E-state index < -0.39 is 0 Å². The fourth-order valence-corrected chi connectivity index (χ4v) is 1.12. The van der Waals surface area contributed by atoms with Crippen LogP contribution in [0.25, 0.3) is 0 Å². The lowest BCUT2D eigenvalue weighted by atomic mass is 10.2. The first-order chi connectivity index (χ1) is 6.80. The summed E-state index contributed by atoms with van der Waals surface area (Å²) >= 11 is 0. The standard InChI is InChI=1S/C12H13NO/c1-3-11(4-2)14-12-7-5-6-10(8-12)9-13/h3,5-8H,4H2,1-2H3. The molecule has 72 valence electrons. The van der Waals surface area contributed by atoms with Gasteiger partial charge in [-0.3, -0.25) is 0 Å². The van der Waals surface area contributed by atoms with Crippen molar-refractivity contribution < 1.29 is 4.74 Å². The number of hydrogen-bond acceptors (Lipinski definition) is 2. The van der Waals surface area contributed by atoms with Crippen molar-refractivity contribution in [2.45, 2.75) is 20.3 Å². The normalized spacial score (nSPS) is 10.8. The van der Waals surface area contributed by atoms with Crippen molar-refractivity contribution in [2.75, 3.05) is 0 Å². The molecule has 0 aromatic heterocycles. The third kappa shape index (κ3) is 2.63. The van der Waals surface area contributed by atoms with Crippen molar-refractivity contribution in [3.05, 3.63) is 41.7 Å². The summed E-state index contributed by atoms with van der Waals surface area (Å²) in [5.41, 5.74) is 0.619. The molecule has 0 aliphatic heterocycles. The number of hydrogen-bond donors (Lipinski definition) is 0. The molecule has 0 saturated heterocycles. The van der Waals surface area contributed by atoms with Gasteiger partial charge in [0.1, 0.15) is 5.75 Å². The average Bonchev–Trinajstić information content (AvgIpc) is 2.26. The van der Waals surface area contributed by atoms with Crippen LogP contribution >= 0.6 is 0 Å². The Hall–Kier alpha value is -1.75. The Labute approximate surface area is 84.4 Å². The van der Waals surface area contributed by atoms with E-state index in [0.29, 0.717) is 5.56 Å². The van der Waals surface area contributed by atoms with Crippen LogP contribution in [-0.4, -0.2) is 0 Å². The molecule has 0 N–H and O–H groups in total. The summed E-state index contributed by atoms with van der Waals surface area (Å²) in [6, 6.07) is 9.23. The molecule has 0 heterocycles. The van der Waals surface area contributed by atoms with Crippen LogP contribution in [-0.2, 0) is 0 Å². The number of ether oxygens (including phenoxy) is 1. The molecule has 0 atom stereocenters. The number of rotatable bonds is 3. The Bertz CT molecular complexity index is 374. The third-order valence-electron chi connectivity index (χ3n) is 1.88. The maximum atomic E-state index is 8.69. The largest absolute Gasteiger partial charge is 0.462 e. The zero-order valence-corrected chi connectivity index (χ0v) is 8.45. The highest BCUT2D eigenvalue weighted by atomic mass is 16.5. The Morgan fingerprint density at radius 2 is 2.36 bits per heavy atom. The van der Waals surface area contributed by atoms with E-state index in [1.165, 1.54) is 0 Å². The lowest BCUT2D eigenvalue weighted by Crippen LogP contribution is -1.93. The lowest BCUT2D eigenvalue weighted by Gasteiger charge is -2.07. The second-order valence-corrected chi connectivity index (χ2v) is 2.85. The van der Waals surface area contributed by atoms with Crippen molar-refractivity contribution in [1.29, 1.82) is 5.26 Å². The fourth-order valence-electron chi connectivity index (χ4n) is 1.12. The predicted molar refractivity (Wildman–Crippen MR) is 55.8 cm³/mol. The molecule has 1 aromatic carbocycles. The van der Waals surface area contributed by atoms with E-state index in [-0.39, 0.29) is 0 Å². The molecule has 0 aliphatic carbocycles. The van der Waals surface area contributed by atoms with E-state index in [1.54, 1.807) is 12.1 Å². The maximum Gasteiger partial charge on any atom is 0.128 e. The van der Waals surface area contributed by atoms with Gasteiger partial charge in [0.2, 0.25) is 0 Å². The van der Waals surface area contributed by atoms with Crippen LogP contribution in [0.3, 0.4) is 0 Å². The maximum absolute atomic E-state index is 8.69. The van der Waals surface area contributed by atoms with Gasteiger partial charge in [-0.05, 0) is 31.2 Å². The van der Waals surface area contributed by atoms with Crippen molar-refractivity contribution in [3.8, 4) is 11.8 Å². The van der Waals surface area contributed by atoms with Gasteiger partial charge in [-0.2, -0.15) is 5.26 Å². The van der Waals surface area contributed by atoms with Gasteiger partial charge in [0.05, 0.1) is 17.4 Å². The highest BCUT2D eigenvalue weighted by Gasteiger charge is 1.98. The zero-order valence-electron chi connectivity index (χ0n) is 8.45. The molecule has 0 bridgehead atoms. The first-order valence-electron chi connectivity index (χ1n) is 4.63. The molecule has 0 unspecified atom stereocenters. The smallest absolute Gasteiger partial charge is 0.128 e. The van der Waals surface area contributed by atoms with Gasteiger partial charge >= 0.3 is 0 Å². The van der Waals surface area contributed by atoms with Gasteiger partial charge in [-0.1, -0.05) is 13.0 Å². The van der Waals surface area contributed by atoms with Gasteiger partial charge in [-0.25, -0.2) is 0 Å². The molecule has 2 nitrogen and oxygen atoms in total. The van der Waals surface area contributed by atoms with E-state index in [2.05, 4.69) is 6.07 Å². The van der Waals surface area contributed by atoms with Crippen LogP contribution in [0, 0.1) is 11.3 Å². The Morgan fingerprint density at radius 1 is 1.57 bits per heavy atom. The molecule has 1 aromatic rings. The van der Waals surface area contributed by atoms with Gasteiger partial charge in [0.25, 0.3) is 0 Å². The molecule has 0 fully saturated rings. The summed E-state index contributed by atoms with van der Waals surface area (Å²) in [7, 11) is 0. The van der Waals surface area contributed by atoms with Crippen molar-refractivity contribution in [3.63, 3.8) is 0 Å². The van der Waals surface area contributed by atoms with Crippen LogP contribution in [0.2, 0.25) is 0 Å². The Balaban J connectivity index is 2.82. The summed E-state index contributed by atoms with van der Waals surface area (Å²) in [4.78, 5) is 0. The highest BCUT2D eigenvalue weighted by Crippen LogP contribution is 2.16. The molecular formula is C12H13NO. The fraction of sp³-hybridized carbons (Fsp3) is 0.250. The second kappa shape index (κ2) is 5.08. The summed E-state index contributed by atoms with van der Waals surface area (Å²) in [6.07, 6.45) is 2.78. The van der Waals surface area contributed by atoms with Gasteiger partial charge in [0, 0.05) is 6.42 Å². The van der Waals surface area contributed by atoms with Crippen LogP contribution in [0.5, 0.6) is 5.75 Å². The molecule has 2 heteroatoms. The first-order valence-corrected chi connectivity index (χ1v) is 4.63. The summed E-state index contributed by atoms with van der Waals surface area (Å²) in [5, 5.41) is 8.69. The van der Waals surface area contributed by atoms with Gasteiger partial charge < -0.3 is 4.74 Å². The average molecular weight is 187 g/mol. The van der Waals surface area contributed by atoms with Gasteiger partial charge in [0.15, 0.2) is 0 Å². The van der Waals surface area contributed by atoms with E-state index >= 15 is 0 Å². The monoisotopic (exact) mass is 187 g/mol. The van der Waals surface area contributed by atoms with Gasteiger partial charge in [-0.15, -0.1) is 0 Å². The van der Waals surface area contributed by atoms with E-state index in [1.807, 2.05) is 32.1 Å². The Morgan fingerprint density at radius 3 is 2.93 bits per heavy atom. The Kier molecular flexibility index (Phi) is 3.75. The number of allylic oxidation sites excluding steroid dienone is 2. The summed E-state index contributed by atoms with van der Waals surface area (Å²) < 4.78 is 5.57. The topological polar surface area (TPSA) is 33.0 Å². The van der Waals surface area contributed by atoms with Crippen molar-refractivity contribution in [2.24, 2.45) is 0 Å². The predicted octanol–water partition coefficient (Wildman–Crippen LogP) is 3.25. The zero-order chi connectivity index (χ0) is 10.4. The van der Waals surface area contributed by atoms with Crippen molar-refractivity contribution in [1.82, 2.24) is 0 Å². The number of nitriles is 1. The van der Waals surface area contributed by atoms with E-state index in [0.717, 1.165) is 17.9 Å². The number of nitrogens with zero attached hydrogens (tertiary/aromatic N) is 1. The molecule has 0 amide bonds. The number of benzene rings is 1. The minimum Gasteiger partial charge on any atom is -0.462 e. The molecule has 0 saturated carbocycles. The molecule has 0 aliphatic rings. The van der Waals surface area contributed by atoms with Crippen LogP contribution in [0.4, 0.5) is 0 Å². The van der Waals surface area contributed by atoms with Crippen LogP contribution < -0.4 is 4.74 Å². The molecule has 14 heavy (non-hydrogen) atoms. The summed E-state index contributed by atoms with van der Waals surface area (Å²) in [5.74, 6) is 1.64. The highest BCUT2D eigenvalue weighted by molar-refractivity contribution is 5.36. The molecule has 0 radical (unpaired) electrons. The minimum absolute atomic E-state index is 0.619. The summed E-state index contributed by atoms with van der Waals surface area (Å²) in [6.45, 7) is 3.97. The van der Waals surface area contributed by atoms with E-state index in [9.17, 15) is 0 Å². The lowest BCUT2D eigenvalue weighted by molar-refractivity contribution is 0.408. The molecule has 1 rings (SSSR count). The SMILES string of the molecule is CC=C(CC)Oc1cccc(C#N)c1.